The van der Waals surface area contributed by atoms with Crippen molar-refractivity contribution >= 4 is 16.1 Å². The van der Waals surface area contributed by atoms with E-state index in [-0.39, 0.29) is 0 Å². The zero-order chi connectivity index (χ0) is 18.9. The standard InChI is InChI=1S/C10H5F7O6S/c11-3-4(12)6(14)8(7(15)5(3)13)22-1-2-23-9(18)10(16,17)24(19,20)21/h1-2H2,(H,19,20,21). The molecule has 0 radical (unpaired) electrons. The van der Waals surface area contributed by atoms with Gasteiger partial charge in [-0.2, -0.15) is 26.0 Å². The SMILES string of the molecule is O=C(OCCOc1c(F)c(F)c(F)c(F)c1F)C(F)(F)S(=O)(=O)O. The second-order valence-corrected chi connectivity index (χ2v) is 5.34. The first-order chi connectivity index (χ1) is 10.8. The first-order valence-electron chi connectivity index (χ1n) is 5.48. The highest BCUT2D eigenvalue weighted by Crippen LogP contribution is 2.29. The fourth-order valence-electron chi connectivity index (χ4n) is 1.18. The van der Waals surface area contributed by atoms with Crippen LogP contribution in [-0.4, -0.2) is 37.4 Å². The van der Waals surface area contributed by atoms with Crippen LogP contribution in [0.2, 0.25) is 0 Å². The van der Waals surface area contributed by atoms with E-state index in [1.165, 1.54) is 0 Å². The molecule has 14 heteroatoms. The van der Waals surface area contributed by atoms with Gasteiger partial charge in [-0.3, -0.25) is 4.55 Å². The molecule has 0 aliphatic rings. The Morgan fingerprint density at radius 2 is 1.33 bits per heavy atom. The molecule has 6 nitrogen and oxygen atoms in total. The summed E-state index contributed by atoms with van der Waals surface area (Å²) < 4.78 is 126. The average Bonchev–Trinajstić information content (AvgIpc) is 2.48. The third kappa shape index (κ3) is 3.69. The Kier molecular flexibility index (Phi) is 5.66. The Morgan fingerprint density at radius 3 is 1.75 bits per heavy atom. The number of alkyl halides is 2. The van der Waals surface area contributed by atoms with Gasteiger partial charge in [0.25, 0.3) is 0 Å². The van der Waals surface area contributed by atoms with Crippen LogP contribution in [0.3, 0.4) is 0 Å². The third-order valence-corrected chi connectivity index (χ3v) is 3.11. The van der Waals surface area contributed by atoms with Crippen molar-refractivity contribution in [3.05, 3.63) is 29.1 Å². The van der Waals surface area contributed by atoms with E-state index in [9.17, 15) is 43.9 Å². The summed E-state index contributed by atoms with van der Waals surface area (Å²) in [5.41, 5.74) is 0. The molecule has 0 heterocycles. The summed E-state index contributed by atoms with van der Waals surface area (Å²) in [6.45, 7) is -2.44. The minimum absolute atomic E-state index is 1.17. The second-order valence-electron chi connectivity index (χ2n) is 3.88. The van der Waals surface area contributed by atoms with Crippen LogP contribution in [-0.2, 0) is 19.6 Å². The van der Waals surface area contributed by atoms with Gasteiger partial charge >= 0.3 is 21.3 Å². The molecule has 0 amide bonds. The van der Waals surface area contributed by atoms with Gasteiger partial charge in [-0.15, -0.1) is 0 Å². The van der Waals surface area contributed by atoms with Gasteiger partial charge in [0, 0.05) is 0 Å². The molecule has 0 atom stereocenters. The molecule has 0 saturated carbocycles. The molecule has 24 heavy (non-hydrogen) atoms. The summed E-state index contributed by atoms with van der Waals surface area (Å²) in [5.74, 6) is -16.4. The fourth-order valence-corrected chi connectivity index (χ4v) is 1.45. The Bertz CT molecular complexity index is 734. The van der Waals surface area contributed by atoms with Crippen LogP contribution < -0.4 is 4.74 Å². The molecule has 0 aromatic heterocycles. The Balaban J connectivity index is 2.76. The molecule has 0 fully saturated rings. The molecule has 0 saturated heterocycles. The maximum Gasteiger partial charge on any atom is 0.465 e. The van der Waals surface area contributed by atoms with E-state index in [1.54, 1.807) is 0 Å². The quantitative estimate of drug-likeness (QED) is 0.200. The smallest absolute Gasteiger partial charge is 0.465 e. The molecule has 1 rings (SSSR count). The normalized spacial score (nSPS) is 12.2. The highest BCUT2D eigenvalue weighted by atomic mass is 32.2. The molecule has 136 valence electrons. The molecule has 0 aliphatic carbocycles. The van der Waals surface area contributed by atoms with Crippen molar-refractivity contribution in [3.8, 4) is 5.75 Å². The lowest BCUT2D eigenvalue weighted by molar-refractivity contribution is -0.162. The van der Waals surface area contributed by atoms with Crippen LogP contribution in [0.15, 0.2) is 0 Å². The van der Waals surface area contributed by atoms with Crippen LogP contribution in [0.1, 0.15) is 0 Å². The van der Waals surface area contributed by atoms with Crippen LogP contribution in [0.25, 0.3) is 0 Å². The van der Waals surface area contributed by atoms with E-state index in [0.29, 0.717) is 0 Å². The summed E-state index contributed by atoms with van der Waals surface area (Å²) in [4.78, 5) is 10.7. The fraction of sp³-hybridized carbons (Fsp3) is 0.300. The van der Waals surface area contributed by atoms with Crippen LogP contribution in [0.5, 0.6) is 5.75 Å². The maximum atomic E-state index is 13.1. The molecule has 1 aromatic rings. The van der Waals surface area contributed by atoms with Gasteiger partial charge in [0.2, 0.25) is 29.1 Å². The number of rotatable bonds is 6. The van der Waals surface area contributed by atoms with Crippen LogP contribution in [0, 0.1) is 29.1 Å². The second kappa shape index (κ2) is 6.80. The van der Waals surface area contributed by atoms with Gasteiger partial charge < -0.3 is 9.47 Å². The lowest BCUT2D eigenvalue weighted by Gasteiger charge is -2.13. The Hall–Kier alpha value is -2.09. The predicted molar refractivity (Wildman–Crippen MR) is 59.2 cm³/mol. The minimum atomic E-state index is -6.13. The summed E-state index contributed by atoms with van der Waals surface area (Å²) in [6, 6.07) is 0. The predicted octanol–water partition coefficient (Wildman–Crippen LogP) is 1.78. The number of ether oxygens (including phenoxy) is 2. The largest absolute Gasteiger partial charge is 0.484 e. The molecule has 1 N–H and O–H groups in total. The highest BCUT2D eigenvalue weighted by molar-refractivity contribution is 7.87. The monoisotopic (exact) mass is 386 g/mol. The van der Waals surface area contributed by atoms with E-state index in [4.69, 9.17) is 4.55 Å². The van der Waals surface area contributed by atoms with Crippen molar-refractivity contribution in [2.24, 2.45) is 0 Å². The van der Waals surface area contributed by atoms with Crippen molar-refractivity contribution < 1.29 is 58.0 Å². The van der Waals surface area contributed by atoms with Crippen molar-refractivity contribution in [1.29, 1.82) is 0 Å². The Morgan fingerprint density at radius 1 is 0.917 bits per heavy atom. The number of carbonyl (C=O) groups is 1. The Labute approximate surface area is 128 Å². The third-order valence-electron chi connectivity index (χ3n) is 2.29. The van der Waals surface area contributed by atoms with Crippen molar-refractivity contribution in [1.82, 2.24) is 0 Å². The number of esters is 1. The van der Waals surface area contributed by atoms with Crippen LogP contribution >= 0.6 is 0 Å². The number of hydrogen-bond donors (Lipinski definition) is 1. The molecule has 0 aliphatic heterocycles. The van der Waals surface area contributed by atoms with Crippen LogP contribution in [0.4, 0.5) is 30.7 Å². The summed E-state index contributed by atoms with van der Waals surface area (Å²) in [7, 11) is -6.13. The zero-order valence-electron chi connectivity index (χ0n) is 11.0. The molecule has 0 bridgehead atoms. The minimum Gasteiger partial charge on any atom is -0.484 e. The van der Waals surface area contributed by atoms with Gasteiger partial charge in [-0.25, -0.2) is 18.0 Å². The van der Waals surface area contributed by atoms with E-state index in [1.807, 2.05) is 0 Å². The van der Waals surface area contributed by atoms with Gasteiger partial charge in [-0.1, -0.05) is 0 Å². The highest BCUT2D eigenvalue weighted by Gasteiger charge is 2.54. The molecule has 1 aromatic carbocycles. The number of halogens is 7. The topological polar surface area (TPSA) is 89.9 Å². The van der Waals surface area contributed by atoms with Crippen molar-refractivity contribution in [3.63, 3.8) is 0 Å². The number of carbonyl (C=O) groups excluding carboxylic acids is 1. The van der Waals surface area contributed by atoms with Gasteiger partial charge in [0.15, 0.2) is 5.75 Å². The van der Waals surface area contributed by atoms with Gasteiger partial charge in [-0.05, 0) is 0 Å². The van der Waals surface area contributed by atoms with Crippen molar-refractivity contribution in [2.45, 2.75) is 5.25 Å². The average molecular weight is 386 g/mol. The summed E-state index contributed by atoms with van der Waals surface area (Å²) in [5, 5.41) is -5.32. The summed E-state index contributed by atoms with van der Waals surface area (Å²) in [6.07, 6.45) is 0. The van der Waals surface area contributed by atoms with Crippen molar-refractivity contribution in [2.75, 3.05) is 13.2 Å². The molecule has 0 spiro atoms. The first-order valence-corrected chi connectivity index (χ1v) is 6.92. The lowest BCUT2D eigenvalue weighted by Crippen LogP contribution is -2.39. The summed E-state index contributed by atoms with van der Waals surface area (Å²) >= 11 is 0. The maximum absolute atomic E-state index is 13.1. The number of hydrogen-bond acceptors (Lipinski definition) is 5. The van der Waals surface area contributed by atoms with E-state index >= 15 is 0 Å². The number of benzene rings is 1. The lowest BCUT2D eigenvalue weighted by atomic mass is 10.2. The van der Waals surface area contributed by atoms with E-state index < -0.39 is 69.4 Å². The van der Waals surface area contributed by atoms with E-state index in [2.05, 4.69) is 9.47 Å². The van der Waals surface area contributed by atoms with Gasteiger partial charge in [0.1, 0.15) is 13.2 Å². The zero-order valence-corrected chi connectivity index (χ0v) is 11.8. The molecular formula is C10H5F7O6S. The van der Waals surface area contributed by atoms with E-state index in [0.717, 1.165) is 0 Å². The molecule has 0 unspecified atom stereocenters. The first kappa shape index (κ1) is 20.0. The molecular weight excluding hydrogens is 381 g/mol. The van der Waals surface area contributed by atoms with Gasteiger partial charge in [0.05, 0.1) is 0 Å².